The maximum atomic E-state index is 11.5. The Bertz CT molecular complexity index is 661. The number of fused-ring (bicyclic) bond motifs is 1. The van der Waals surface area contributed by atoms with Gasteiger partial charge in [0.1, 0.15) is 0 Å². The molecule has 1 saturated heterocycles. The quantitative estimate of drug-likeness (QED) is 0.159. The minimum absolute atomic E-state index is 0.00181. The summed E-state index contributed by atoms with van der Waals surface area (Å²) >= 11 is 0. The van der Waals surface area contributed by atoms with Crippen molar-refractivity contribution in [3.8, 4) is 0 Å². The molecular weight excluding hydrogens is 516 g/mol. The number of nitrogens with one attached hydrogen (secondary N) is 1. The Morgan fingerprint density at radius 3 is 2.05 bits per heavy atom. The molecule has 6 N–H and O–H groups in total. The van der Waals surface area contributed by atoms with Crippen LogP contribution in [0.25, 0.3) is 0 Å². The van der Waals surface area contributed by atoms with E-state index in [1.165, 1.54) is 25.7 Å². The van der Waals surface area contributed by atoms with Crippen molar-refractivity contribution in [1.29, 1.82) is 0 Å². The van der Waals surface area contributed by atoms with Gasteiger partial charge in [0, 0.05) is 13.2 Å². The van der Waals surface area contributed by atoms with Crippen LogP contribution in [-0.4, -0.2) is 65.6 Å². The number of ether oxygens (including phenoxy) is 2. The first-order valence-corrected chi connectivity index (χ1v) is 17.1. The molecule has 0 spiro atoms. The maximum Gasteiger partial charge on any atom is 0.0914 e. The Morgan fingerprint density at radius 1 is 0.878 bits per heavy atom. The molecule has 0 amide bonds. The highest BCUT2D eigenvalue weighted by molar-refractivity contribution is 4.99. The van der Waals surface area contributed by atoms with E-state index < -0.39 is 17.8 Å². The summed E-state index contributed by atoms with van der Waals surface area (Å²) in [7, 11) is 0. The van der Waals surface area contributed by atoms with Crippen molar-refractivity contribution in [3.63, 3.8) is 0 Å². The molecule has 3 fully saturated rings. The van der Waals surface area contributed by atoms with Gasteiger partial charge in [-0.25, -0.2) is 0 Å². The Balaban J connectivity index is 0.000000930. The van der Waals surface area contributed by atoms with Gasteiger partial charge in [0.2, 0.25) is 0 Å². The summed E-state index contributed by atoms with van der Waals surface area (Å²) in [6.07, 6.45) is 8.51. The molecule has 1 aliphatic heterocycles. The van der Waals surface area contributed by atoms with Crippen molar-refractivity contribution in [2.45, 2.75) is 144 Å². The molecule has 3 aliphatic rings. The zero-order valence-corrected chi connectivity index (χ0v) is 28.3. The Hall–Kier alpha value is -0.280. The van der Waals surface area contributed by atoms with E-state index in [1.54, 1.807) is 0 Å². The molecule has 41 heavy (non-hydrogen) atoms. The zero-order chi connectivity index (χ0) is 31.2. The Kier molecular flexibility index (Phi) is 18.8. The molecule has 2 saturated carbocycles. The smallest absolute Gasteiger partial charge is 0.0914 e. The van der Waals surface area contributed by atoms with Gasteiger partial charge in [0.15, 0.2) is 0 Å². The van der Waals surface area contributed by atoms with Gasteiger partial charge in [-0.1, -0.05) is 74.1 Å². The maximum absolute atomic E-state index is 11.5. The molecular formula is C34H70N2O5. The lowest BCUT2D eigenvalue weighted by Crippen LogP contribution is -2.54. The average Bonchev–Trinajstić information content (AvgIpc) is 3.17. The first-order chi connectivity index (χ1) is 19.4. The molecule has 3 rings (SSSR count). The second kappa shape index (κ2) is 19.9. The zero-order valence-electron chi connectivity index (χ0n) is 28.3. The number of hydrogen-bond donors (Lipinski definition) is 5. The third-order valence-corrected chi connectivity index (χ3v) is 10.6. The van der Waals surface area contributed by atoms with Gasteiger partial charge in [-0.2, -0.15) is 0 Å². The standard InChI is InChI=1S/C28H52O5.C4H10.C2H8N2/c1-7-32-16-28(31)14-17(2)8-13-25(28)21(6)27(30)26(29)20(5)23-11-9-18(3)22-12-10-19(4)33-15-24(22)23;1-3-4-2;1-2-4-3/h17-27,29-31H,7-16H2,1-6H3;3-4H2,1-2H3;4H,2-3H2,1H3/t17-,18-,19?,20?,21?,22?,23+,24?,25+,26?,27?,28+;;/m1../s1. The molecule has 0 bridgehead atoms. The molecule has 0 aromatic carbocycles. The number of aliphatic hydroxyl groups excluding tert-OH is 2. The van der Waals surface area contributed by atoms with Gasteiger partial charge in [0.25, 0.3) is 0 Å². The van der Waals surface area contributed by atoms with Gasteiger partial charge in [-0.05, 0) is 93.3 Å². The predicted octanol–water partition coefficient (Wildman–Crippen LogP) is 5.94. The van der Waals surface area contributed by atoms with Crippen molar-refractivity contribution >= 4 is 0 Å². The van der Waals surface area contributed by atoms with Crippen LogP contribution in [0.4, 0.5) is 0 Å². The third-order valence-electron chi connectivity index (χ3n) is 10.6. The van der Waals surface area contributed by atoms with Crippen LogP contribution in [0.5, 0.6) is 0 Å². The first-order valence-electron chi connectivity index (χ1n) is 17.1. The number of aliphatic hydroxyl groups is 3. The summed E-state index contributed by atoms with van der Waals surface area (Å²) in [5.41, 5.74) is 1.49. The van der Waals surface area contributed by atoms with Crippen LogP contribution in [0.1, 0.15) is 120 Å². The summed E-state index contributed by atoms with van der Waals surface area (Å²) in [5.74, 6) is 7.13. The molecule has 0 aromatic heterocycles. The van der Waals surface area contributed by atoms with Crippen LogP contribution < -0.4 is 11.3 Å². The van der Waals surface area contributed by atoms with Crippen molar-refractivity contribution in [2.75, 3.05) is 26.4 Å². The summed E-state index contributed by atoms with van der Waals surface area (Å²) < 4.78 is 11.8. The lowest BCUT2D eigenvalue weighted by molar-refractivity contribution is -0.157. The molecule has 7 heteroatoms. The fourth-order valence-corrected chi connectivity index (χ4v) is 7.71. The molecule has 0 aromatic rings. The lowest BCUT2D eigenvalue weighted by atomic mass is 9.60. The Labute approximate surface area is 253 Å². The van der Waals surface area contributed by atoms with Crippen molar-refractivity contribution < 1.29 is 24.8 Å². The van der Waals surface area contributed by atoms with Crippen LogP contribution in [-0.2, 0) is 9.47 Å². The SMILES string of the molecule is CCCC.CCNN.CCOC[C@@]1(O)C[C@H](C)CC[C@H]1C(C)C(O)C(O)C(C)[C@@H]1CC[C@@H](C)C2CCC(C)OCC21. The van der Waals surface area contributed by atoms with Gasteiger partial charge in [0.05, 0.1) is 37.1 Å². The van der Waals surface area contributed by atoms with E-state index >= 15 is 0 Å². The highest BCUT2D eigenvalue weighted by atomic mass is 16.5. The van der Waals surface area contributed by atoms with Gasteiger partial charge in [-0.3, -0.25) is 11.3 Å². The minimum Gasteiger partial charge on any atom is -0.390 e. The van der Waals surface area contributed by atoms with Crippen LogP contribution in [0.2, 0.25) is 0 Å². The molecule has 7 nitrogen and oxygen atoms in total. The van der Waals surface area contributed by atoms with E-state index in [0.29, 0.717) is 55.3 Å². The largest absolute Gasteiger partial charge is 0.390 e. The van der Waals surface area contributed by atoms with E-state index in [0.717, 1.165) is 38.8 Å². The van der Waals surface area contributed by atoms with E-state index in [2.05, 4.69) is 47.0 Å². The van der Waals surface area contributed by atoms with E-state index in [4.69, 9.17) is 15.3 Å². The average molecular weight is 587 g/mol. The molecule has 246 valence electrons. The first kappa shape index (κ1) is 38.7. The second-order valence-corrected chi connectivity index (χ2v) is 13.8. The minimum atomic E-state index is -0.937. The molecule has 1 heterocycles. The van der Waals surface area contributed by atoms with Crippen molar-refractivity contribution in [1.82, 2.24) is 5.43 Å². The monoisotopic (exact) mass is 587 g/mol. The second-order valence-electron chi connectivity index (χ2n) is 13.8. The van der Waals surface area contributed by atoms with Crippen LogP contribution in [0.15, 0.2) is 0 Å². The van der Waals surface area contributed by atoms with Crippen LogP contribution in [0, 0.1) is 47.3 Å². The van der Waals surface area contributed by atoms with Crippen LogP contribution in [0.3, 0.4) is 0 Å². The lowest BCUT2D eigenvalue weighted by Gasteiger charge is -2.48. The third kappa shape index (κ3) is 11.6. The molecule has 7 unspecified atom stereocenters. The van der Waals surface area contributed by atoms with Gasteiger partial charge in [-0.15, -0.1) is 0 Å². The number of unbranched alkanes of at least 4 members (excludes halogenated alkanes) is 1. The fourth-order valence-electron chi connectivity index (χ4n) is 7.71. The summed E-state index contributed by atoms with van der Waals surface area (Å²) in [4.78, 5) is 0. The molecule has 2 aliphatic carbocycles. The number of nitrogens with two attached hydrogens (primary N) is 1. The summed E-state index contributed by atoms with van der Waals surface area (Å²) in [6, 6.07) is 0. The summed E-state index contributed by atoms with van der Waals surface area (Å²) in [5, 5.41) is 34.3. The fraction of sp³-hybridized carbons (Fsp3) is 1.00. The molecule has 0 radical (unpaired) electrons. The highest BCUT2D eigenvalue weighted by Crippen LogP contribution is 2.48. The number of hydrogen-bond acceptors (Lipinski definition) is 7. The van der Waals surface area contributed by atoms with Crippen molar-refractivity contribution in [3.05, 3.63) is 0 Å². The van der Waals surface area contributed by atoms with Crippen molar-refractivity contribution in [2.24, 2.45) is 53.2 Å². The summed E-state index contributed by atoms with van der Waals surface area (Å²) in [6.45, 7) is 21.6. The van der Waals surface area contributed by atoms with E-state index in [9.17, 15) is 15.3 Å². The normalized spacial score (nSPS) is 36.7. The number of rotatable bonds is 10. The van der Waals surface area contributed by atoms with E-state index in [-0.39, 0.29) is 17.8 Å². The van der Waals surface area contributed by atoms with Crippen LogP contribution >= 0.6 is 0 Å². The van der Waals surface area contributed by atoms with Gasteiger partial charge >= 0.3 is 0 Å². The predicted molar refractivity (Wildman–Crippen MR) is 170 cm³/mol. The number of hydrazine groups is 1. The highest BCUT2D eigenvalue weighted by Gasteiger charge is 2.49. The van der Waals surface area contributed by atoms with E-state index in [1.807, 2.05) is 20.8 Å². The molecule has 12 atom stereocenters. The Morgan fingerprint density at radius 2 is 1.49 bits per heavy atom. The topological polar surface area (TPSA) is 117 Å². The van der Waals surface area contributed by atoms with Gasteiger partial charge < -0.3 is 24.8 Å².